The summed E-state index contributed by atoms with van der Waals surface area (Å²) in [4.78, 5) is 0.330. The highest BCUT2D eigenvalue weighted by Crippen LogP contribution is 2.34. The second kappa shape index (κ2) is 9.60. The van der Waals surface area contributed by atoms with E-state index in [1.54, 1.807) is 24.3 Å². The van der Waals surface area contributed by atoms with Gasteiger partial charge in [0.1, 0.15) is 30.0 Å². The van der Waals surface area contributed by atoms with E-state index in [2.05, 4.69) is 26.2 Å². The van der Waals surface area contributed by atoms with Gasteiger partial charge in [0.15, 0.2) is 22.9 Å². The normalized spacial score (nSPS) is 26.3. The van der Waals surface area contributed by atoms with Crippen molar-refractivity contribution in [1.29, 1.82) is 0 Å². The first-order valence-corrected chi connectivity index (χ1v) is 11.6. The van der Waals surface area contributed by atoms with Crippen molar-refractivity contribution in [2.75, 3.05) is 6.61 Å². The largest absolute Gasteiger partial charge is 0.394 e. The standard InChI is InChI=1S/C20H17BrF3N3O5S/c21-10-2-1-3-11(6-10)33(31)20-19(30)17(18(29)15(8-28)32-20)27-7-14(25-26-27)9-4-12(22)16(24)13(23)5-9/h1-7,15,17-20,28-30H,8H2/t15?,17-,18-,19?,20+,33?/m0/s1. The van der Waals surface area contributed by atoms with Gasteiger partial charge in [0.05, 0.1) is 23.6 Å². The molecule has 2 aromatic carbocycles. The van der Waals surface area contributed by atoms with Crippen molar-refractivity contribution < 1.29 is 37.4 Å². The molecule has 1 aromatic heterocycles. The van der Waals surface area contributed by atoms with E-state index in [0.717, 1.165) is 16.8 Å². The summed E-state index contributed by atoms with van der Waals surface area (Å²) < 4.78 is 60.8. The van der Waals surface area contributed by atoms with Crippen molar-refractivity contribution in [1.82, 2.24) is 15.0 Å². The fraction of sp³-hybridized carbons (Fsp3) is 0.300. The van der Waals surface area contributed by atoms with Crippen LogP contribution in [-0.2, 0) is 15.5 Å². The quantitative estimate of drug-likeness (QED) is 0.417. The highest BCUT2D eigenvalue weighted by Gasteiger charge is 2.48. The molecule has 0 saturated carbocycles. The molecule has 1 aliphatic heterocycles. The average molecular weight is 548 g/mol. The molecule has 3 aromatic rings. The Bertz CT molecular complexity index is 1180. The SMILES string of the molecule is O=S(c1cccc(Br)c1)[C@H]1OC(CO)[C@H](O)[C@H](n2cc(-c3cc(F)c(F)c(F)c3)nn2)C1O. The van der Waals surface area contributed by atoms with E-state index in [1.807, 2.05) is 0 Å². The Kier molecular flexibility index (Phi) is 6.98. The van der Waals surface area contributed by atoms with E-state index in [1.165, 1.54) is 6.20 Å². The van der Waals surface area contributed by atoms with Crippen LogP contribution in [0.25, 0.3) is 11.3 Å². The predicted octanol–water partition coefficient (Wildman–Crippen LogP) is 1.91. The van der Waals surface area contributed by atoms with Gasteiger partial charge in [-0.05, 0) is 30.3 Å². The van der Waals surface area contributed by atoms with E-state index in [0.29, 0.717) is 9.37 Å². The van der Waals surface area contributed by atoms with Crippen LogP contribution in [0.1, 0.15) is 6.04 Å². The van der Waals surface area contributed by atoms with Gasteiger partial charge < -0.3 is 20.1 Å². The van der Waals surface area contributed by atoms with Crippen LogP contribution in [0.2, 0.25) is 0 Å². The maximum absolute atomic E-state index is 13.6. The zero-order chi connectivity index (χ0) is 23.9. The highest BCUT2D eigenvalue weighted by atomic mass is 79.9. The molecule has 0 amide bonds. The summed E-state index contributed by atoms with van der Waals surface area (Å²) in [7, 11) is -1.91. The molecule has 1 fully saturated rings. The molecule has 6 atom stereocenters. The van der Waals surface area contributed by atoms with Gasteiger partial charge in [-0.1, -0.05) is 27.2 Å². The molecular formula is C20H17BrF3N3O5S. The third-order valence-corrected chi connectivity index (χ3v) is 7.21. The molecule has 33 heavy (non-hydrogen) atoms. The van der Waals surface area contributed by atoms with Gasteiger partial charge in [-0.15, -0.1) is 5.10 Å². The maximum Gasteiger partial charge on any atom is 0.194 e. The minimum absolute atomic E-state index is 0.0658. The van der Waals surface area contributed by atoms with Gasteiger partial charge in [0.2, 0.25) is 0 Å². The molecule has 1 aliphatic rings. The number of benzene rings is 2. The Labute approximate surface area is 196 Å². The van der Waals surface area contributed by atoms with Crippen LogP contribution >= 0.6 is 15.9 Å². The molecule has 13 heteroatoms. The molecular weight excluding hydrogens is 531 g/mol. The number of rotatable bonds is 5. The summed E-state index contributed by atoms with van der Waals surface area (Å²) >= 11 is 3.28. The summed E-state index contributed by atoms with van der Waals surface area (Å²) in [5.41, 5.74) is -1.54. The summed E-state index contributed by atoms with van der Waals surface area (Å²) in [5, 5.41) is 38.9. The van der Waals surface area contributed by atoms with Crippen LogP contribution in [-0.4, -0.2) is 64.9 Å². The molecule has 4 rings (SSSR count). The topological polar surface area (TPSA) is 118 Å². The van der Waals surface area contributed by atoms with E-state index >= 15 is 0 Å². The summed E-state index contributed by atoms with van der Waals surface area (Å²) in [6, 6.07) is 6.69. The molecule has 0 aliphatic carbocycles. The molecule has 2 heterocycles. The van der Waals surface area contributed by atoms with Crippen LogP contribution < -0.4 is 0 Å². The van der Waals surface area contributed by atoms with Crippen molar-refractivity contribution in [2.24, 2.45) is 0 Å². The molecule has 1 saturated heterocycles. The summed E-state index contributed by atoms with van der Waals surface area (Å²) in [5.74, 6) is -4.48. The Morgan fingerprint density at radius 3 is 2.45 bits per heavy atom. The number of aromatic nitrogens is 3. The minimum Gasteiger partial charge on any atom is -0.394 e. The van der Waals surface area contributed by atoms with Crippen molar-refractivity contribution in [2.45, 2.75) is 34.7 Å². The van der Waals surface area contributed by atoms with Crippen molar-refractivity contribution in [3.8, 4) is 11.3 Å². The Morgan fingerprint density at radius 1 is 1.12 bits per heavy atom. The molecule has 176 valence electrons. The zero-order valence-electron chi connectivity index (χ0n) is 16.6. The predicted molar refractivity (Wildman–Crippen MR) is 113 cm³/mol. The molecule has 3 N–H and O–H groups in total. The Balaban J connectivity index is 1.68. The van der Waals surface area contributed by atoms with Gasteiger partial charge in [-0.25, -0.2) is 17.9 Å². The van der Waals surface area contributed by atoms with E-state index in [4.69, 9.17) is 4.74 Å². The van der Waals surface area contributed by atoms with Crippen LogP contribution in [0.4, 0.5) is 13.2 Å². The lowest BCUT2D eigenvalue weighted by atomic mass is 9.97. The van der Waals surface area contributed by atoms with Gasteiger partial charge >= 0.3 is 0 Å². The first-order chi connectivity index (χ1) is 15.7. The first kappa shape index (κ1) is 24.0. The minimum atomic E-state index is -1.91. The lowest BCUT2D eigenvalue weighted by Crippen LogP contribution is -2.57. The van der Waals surface area contributed by atoms with Crippen LogP contribution in [0.5, 0.6) is 0 Å². The number of aliphatic hydroxyl groups is 3. The van der Waals surface area contributed by atoms with Crippen molar-refractivity contribution >= 4 is 26.7 Å². The average Bonchev–Trinajstić information content (AvgIpc) is 3.27. The van der Waals surface area contributed by atoms with Gasteiger partial charge in [-0.3, -0.25) is 4.21 Å². The first-order valence-electron chi connectivity index (χ1n) is 9.56. The number of hydrogen-bond acceptors (Lipinski definition) is 7. The second-order valence-electron chi connectivity index (χ2n) is 7.29. The summed E-state index contributed by atoms with van der Waals surface area (Å²) in [6.45, 7) is -0.646. The second-order valence-corrected chi connectivity index (χ2v) is 9.74. The Hall–Kier alpha value is -2.16. The van der Waals surface area contributed by atoms with E-state index in [9.17, 15) is 32.7 Å². The zero-order valence-corrected chi connectivity index (χ0v) is 19.0. The lowest BCUT2D eigenvalue weighted by Gasteiger charge is -2.41. The number of ether oxygens (including phenoxy) is 1. The Morgan fingerprint density at radius 2 is 1.82 bits per heavy atom. The lowest BCUT2D eigenvalue weighted by molar-refractivity contribution is -0.179. The van der Waals surface area contributed by atoms with Gasteiger partial charge in [0, 0.05) is 14.9 Å². The van der Waals surface area contributed by atoms with E-state index < -0.39 is 64.6 Å². The third kappa shape index (κ3) is 4.61. The summed E-state index contributed by atoms with van der Waals surface area (Å²) in [6.07, 6.45) is -3.09. The number of halogens is 4. The monoisotopic (exact) mass is 547 g/mol. The van der Waals surface area contributed by atoms with Crippen molar-refractivity contribution in [3.05, 3.63) is 64.5 Å². The van der Waals surface area contributed by atoms with Crippen LogP contribution in [0.3, 0.4) is 0 Å². The van der Waals surface area contributed by atoms with Crippen molar-refractivity contribution in [3.63, 3.8) is 0 Å². The van der Waals surface area contributed by atoms with Crippen LogP contribution in [0.15, 0.2) is 52.0 Å². The van der Waals surface area contributed by atoms with Gasteiger partial charge in [0.25, 0.3) is 0 Å². The molecule has 8 nitrogen and oxygen atoms in total. The third-order valence-electron chi connectivity index (χ3n) is 5.18. The maximum atomic E-state index is 13.6. The molecule has 0 spiro atoms. The number of hydrogen-bond donors (Lipinski definition) is 3. The number of aliphatic hydroxyl groups excluding tert-OH is 3. The fourth-order valence-corrected chi connectivity index (χ4v) is 5.47. The highest BCUT2D eigenvalue weighted by molar-refractivity contribution is 9.10. The smallest absolute Gasteiger partial charge is 0.194 e. The molecule has 3 unspecified atom stereocenters. The van der Waals surface area contributed by atoms with Crippen LogP contribution in [0, 0.1) is 17.5 Å². The van der Waals surface area contributed by atoms with Gasteiger partial charge in [-0.2, -0.15) is 0 Å². The molecule has 0 bridgehead atoms. The fourth-order valence-electron chi connectivity index (χ4n) is 3.54. The van der Waals surface area contributed by atoms with E-state index in [-0.39, 0.29) is 11.3 Å². The number of nitrogens with zero attached hydrogens (tertiary/aromatic N) is 3. The molecule has 0 radical (unpaired) electrons.